The molecular weight excluding hydrogens is 214 g/mol. The Bertz CT molecular complexity index is 518. The van der Waals surface area contributed by atoms with E-state index in [2.05, 4.69) is 4.98 Å². The Morgan fingerprint density at radius 3 is 2.87 bits per heavy atom. The van der Waals surface area contributed by atoms with E-state index in [4.69, 9.17) is 11.6 Å². The molecule has 0 unspecified atom stereocenters. The first kappa shape index (κ1) is 9.98. The highest BCUT2D eigenvalue weighted by Gasteiger charge is 2.11. The number of hydrogen-bond acceptors (Lipinski definition) is 2. The van der Waals surface area contributed by atoms with Gasteiger partial charge in [-0.2, -0.15) is 0 Å². The lowest BCUT2D eigenvalue weighted by atomic mass is 10.3. The molecule has 0 spiro atoms. The van der Waals surface area contributed by atoms with Crippen molar-refractivity contribution in [1.82, 2.24) is 14.5 Å². The number of rotatable bonds is 0. The smallest absolute Gasteiger partial charge is 0.328 e. The van der Waals surface area contributed by atoms with Crippen LogP contribution in [-0.2, 0) is 0 Å². The summed E-state index contributed by atoms with van der Waals surface area (Å²) in [5, 5.41) is 1.39. The van der Waals surface area contributed by atoms with Crippen LogP contribution in [0.25, 0.3) is 10.9 Å². The van der Waals surface area contributed by atoms with Crippen LogP contribution in [0.1, 0.15) is 0 Å². The molecule has 2 heterocycles. The van der Waals surface area contributed by atoms with Gasteiger partial charge in [-0.25, -0.2) is 4.79 Å². The minimum absolute atomic E-state index is 0.117. The second kappa shape index (κ2) is 3.55. The molecule has 0 N–H and O–H groups in total. The molecule has 0 fully saturated rings. The molecule has 0 aliphatic heterocycles. The van der Waals surface area contributed by atoms with Crippen molar-refractivity contribution in [2.24, 2.45) is 0 Å². The third-order valence-corrected chi connectivity index (χ3v) is 2.46. The highest BCUT2D eigenvalue weighted by Crippen LogP contribution is 2.22. The maximum Gasteiger partial charge on any atom is 0.328 e. The van der Waals surface area contributed by atoms with E-state index in [1.165, 1.54) is 9.47 Å². The Kier molecular flexibility index (Phi) is 2.36. The number of nitrogens with zero attached hydrogens (tertiary/aromatic N) is 3. The van der Waals surface area contributed by atoms with Gasteiger partial charge in [0.25, 0.3) is 0 Å². The van der Waals surface area contributed by atoms with Gasteiger partial charge in [0.2, 0.25) is 0 Å². The predicted octanol–water partition coefficient (Wildman–Crippen LogP) is 2.22. The summed E-state index contributed by atoms with van der Waals surface area (Å²) in [5.74, 6) is 0. The average Bonchev–Trinajstić information content (AvgIpc) is 2.61. The summed E-state index contributed by atoms with van der Waals surface area (Å²) < 4.78 is 1.52. The molecule has 5 heteroatoms. The van der Waals surface area contributed by atoms with Gasteiger partial charge in [0.05, 0.1) is 16.7 Å². The fraction of sp³-hybridized carbons (Fsp3) is 0.200. The van der Waals surface area contributed by atoms with E-state index in [0.717, 1.165) is 10.9 Å². The normalized spacial score (nSPS) is 10.6. The van der Waals surface area contributed by atoms with Crippen LogP contribution in [0.15, 0.2) is 24.7 Å². The van der Waals surface area contributed by atoms with Crippen LogP contribution in [0, 0.1) is 0 Å². The first-order chi connectivity index (χ1) is 7.11. The molecule has 0 radical (unpaired) electrons. The van der Waals surface area contributed by atoms with Gasteiger partial charge in [-0.15, -0.1) is 0 Å². The molecule has 0 atom stereocenters. The number of halogens is 1. The molecule has 0 aliphatic rings. The van der Waals surface area contributed by atoms with Crippen molar-refractivity contribution in [2.45, 2.75) is 0 Å². The van der Waals surface area contributed by atoms with Crippen molar-refractivity contribution < 1.29 is 4.79 Å². The highest BCUT2D eigenvalue weighted by atomic mass is 35.5. The van der Waals surface area contributed by atoms with Gasteiger partial charge in [-0.05, 0) is 6.07 Å². The molecule has 78 valence electrons. The third kappa shape index (κ3) is 1.57. The number of fused-ring (bicyclic) bond motifs is 1. The van der Waals surface area contributed by atoms with E-state index in [0.29, 0.717) is 5.02 Å². The van der Waals surface area contributed by atoms with E-state index in [1.807, 2.05) is 0 Å². The largest absolute Gasteiger partial charge is 0.330 e. The molecule has 4 nitrogen and oxygen atoms in total. The molecule has 2 rings (SSSR count). The Hall–Kier alpha value is -1.55. The molecule has 0 bridgehead atoms. The molecule has 0 aromatic carbocycles. The zero-order valence-electron chi connectivity index (χ0n) is 8.44. The monoisotopic (exact) mass is 223 g/mol. The van der Waals surface area contributed by atoms with Gasteiger partial charge < -0.3 is 4.90 Å². The Labute approximate surface area is 92.1 Å². The van der Waals surface area contributed by atoms with Crippen LogP contribution in [0.5, 0.6) is 0 Å². The van der Waals surface area contributed by atoms with Crippen molar-refractivity contribution in [3.8, 4) is 0 Å². The molecule has 0 saturated carbocycles. The molecule has 2 aromatic rings. The molecule has 1 amide bonds. The van der Waals surface area contributed by atoms with Gasteiger partial charge in [0, 0.05) is 31.9 Å². The lowest BCUT2D eigenvalue weighted by Crippen LogP contribution is -2.26. The van der Waals surface area contributed by atoms with Gasteiger partial charge in [0.1, 0.15) is 0 Å². The summed E-state index contributed by atoms with van der Waals surface area (Å²) in [6.45, 7) is 0. The fourth-order valence-corrected chi connectivity index (χ4v) is 1.62. The quantitative estimate of drug-likeness (QED) is 0.687. The summed E-state index contributed by atoms with van der Waals surface area (Å²) in [6.07, 6.45) is 4.89. The lowest BCUT2D eigenvalue weighted by molar-refractivity contribution is 0.220. The highest BCUT2D eigenvalue weighted by molar-refractivity contribution is 6.35. The van der Waals surface area contributed by atoms with Gasteiger partial charge >= 0.3 is 6.03 Å². The van der Waals surface area contributed by atoms with Gasteiger partial charge in [-0.3, -0.25) is 9.55 Å². The number of amides is 1. The summed E-state index contributed by atoms with van der Waals surface area (Å²) in [6, 6.07) is 1.69. The number of hydrogen-bond donors (Lipinski definition) is 0. The third-order valence-electron chi connectivity index (χ3n) is 2.16. The van der Waals surface area contributed by atoms with E-state index >= 15 is 0 Å². The zero-order chi connectivity index (χ0) is 11.0. The fourth-order valence-electron chi connectivity index (χ4n) is 1.40. The Morgan fingerprint density at radius 1 is 1.47 bits per heavy atom. The minimum atomic E-state index is -0.117. The van der Waals surface area contributed by atoms with Crippen molar-refractivity contribution in [1.29, 1.82) is 0 Å². The first-order valence-corrected chi connectivity index (χ1v) is 4.81. The van der Waals surface area contributed by atoms with Crippen molar-refractivity contribution in [2.75, 3.05) is 14.1 Å². The van der Waals surface area contributed by atoms with Crippen LogP contribution >= 0.6 is 11.6 Å². The minimum Gasteiger partial charge on any atom is -0.330 e. The van der Waals surface area contributed by atoms with E-state index < -0.39 is 0 Å². The van der Waals surface area contributed by atoms with Crippen molar-refractivity contribution in [3.63, 3.8) is 0 Å². The van der Waals surface area contributed by atoms with E-state index in [9.17, 15) is 4.79 Å². The van der Waals surface area contributed by atoms with Crippen LogP contribution < -0.4 is 0 Å². The summed E-state index contributed by atoms with van der Waals surface area (Å²) in [7, 11) is 3.40. The zero-order valence-corrected chi connectivity index (χ0v) is 9.19. The first-order valence-electron chi connectivity index (χ1n) is 4.43. The Morgan fingerprint density at radius 2 is 2.20 bits per heavy atom. The van der Waals surface area contributed by atoms with Crippen molar-refractivity contribution in [3.05, 3.63) is 29.7 Å². The van der Waals surface area contributed by atoms with E-state index in [1.54, 1.807) is 38.8 Å². The molecule has 0 aliphatic carbocycles. The number of aromatic nitrogens is 2. The van der Waals surface area contributed by atoms with Crippen LogP contribution in [0.3, 0.4) is 0 Å². The summed E-state index contributed by atoms with van der Waals surface area (Å²) >= 11 is 5.95. The maximum absolute atomic E-state index is 11.7. The predicted molar refractivity (Wildman–Crippen MR) is 59.2 cm³/mol. The Balaban J connectivity index is 2.64. The van der Waals surface area contributed by atoms with Crippen LogP contribution in [0.4, 0.5) is 4.79 Å². The standard InChI is InChI=1S/C10H10ClN3O/c1-13(2)10(15)14-4-3-7-8(11)5-12-6-9(7)14/h3-6H,1-2H3. The molecule has 2 aromatic heterocycles. The second-order valence-corrected chi connectivity index (χ2v) is 3.82. The maximum atomic E-state index is 11.7. The van der Waals surface area contributed by atoms with Crippen LogP contribution in [0.2, 0.25) is 5.02 Å². The number of carbonyl (C=O) groups excluding carboxylic acids is 1. The summed E-state index contributed by atoms with van der Waals surface area (Å²) in [5.41, 5.74) is 0.723. The van der Waals surface area contributed by atoms with Gasteiger partial charge in [-0.1, -0.05) is 11.6 Å². The second-order valence-electron chi connectivity index (χ2n) is 3.42. The number of pyridine rings is 1. The molecular formula is C10H10ClN3O. The van der Waals surface area contributed by atoms with E-state index in [-0.39, 0.29) is 6.03 Å². The molecule has 15 heavy (non-hydrogen) atoms. The molecule has 0 saturated heterocycles. The topological polar surface area (TPSA) is 38.1 Å². The van der Waals surface area contributed by atoms with Crippen molar-refractivity contribution >= 4 is 28.5 Å². The number of carbonyl (C=O) groups is 1. The van der Waals surface area contributed by atoms with Gasteiger partial charge in [0.15, 0.2) is 0 Å². The summed E-state index contributed by atoms with van der Waals surface area (Å²) in [4.78, 5) is 17.2. The van der Waals surface area contributed by atoms with Crippen LogP contribution in [-0.4, -0.2) is 34.6 Å². The SMILES string of the molecule is CN(C)C(=O)n1ccc2c(Cl)cncc21. The average molecular weight is 224 g/mol. The lowest BCUT2D eigenvalue weighted by Gasteiger charge is -2.11.